The number of carbonyl (C=O) groups excluding carboxylic acids is 1. The summed E-state index contributed by atoms with van der Waals surface area (Å²) in [5.74, 6) is -0.602. The summed E-state index contributed by atoms with van der Waals surface area (Å²) in [5, 5.41) is 12.0. The fourth-order valence-electron chi connectivity index (χ4n) is 2.91. The van der Waals surface area contributed by atoms with E-state index in [-0.39, 0.29) is 23.2 Å². The summed E-state index contributed by atoms with van der Waals surface area (Å²) in [6.07, 6.45) is -3.05. The fraction of sp³-hybridized carbons (Fsp3) is 0.0833. The maximum atomic E-state index is 13.0. The van der Waals surface area contributed by atoms with Gasteiger partial charge >= 0.3 is 5.97 Å². The van der Waals surface area contributed by atoms with Crippen LogP contribution in [-0.4, -0.2) is 12.6 Å². The van der Waals surface area contributed by atoms with E-state index in [2.05, 4.69) is 6.07 Å². The van der Waals surface area contributed by atoms with Gasteiger partial charge in [0.05, 0.1) is 5.56 Å². The van der Waals surface area contributed by atoms with Crippen molar-refractivity contribution in [3.63, 3.8) is 0 Å². The second-order valence-electron chi connectivity index (χ2n) is 6.50. The molecule has 0 aliphatic rings. The molecule has 0 spiro atoms. The highest BCUT2D eigenvalue weighted by molar-refractivity contribution is 8.18. The first kappa shape index (κ1) is 24.2. The zero-order chi connectivity index (χ0) is 23.1. The second-order valence-corrected chi connectivity index (χ2v) is 11.2. The van der Waals surface area contributed by atoms with Crippen LogP contribution in [0.25, 0.3) is 5.76 Å². The van der Waals surface area contributed by atoms with Crippen molar-refractivity contribution < 1.29 is 14.1 Å². The third-order valence-corrected chi connectivity index (χ3v) is 8.90. The first-order valence-electron chi connectivity index (χ1n) is 9.58. The van der Waals surface area contributed by atoms with E-state index < -0.39 is 12.2 Å². The van der Waals surface area contributed by atoms with Gasteiger partial charge in [-0.25, -0.2) is 4.79 Å². The van der Waals surface area contributed by atoms with Crippen molar-refractivity contribution in [1.82, 2.24) is 0 Å². The van der Waals surface area contributed by atoms with Crippen molar-refractivity contribution in [2.24, 2.45) is 0 Å². The molecule has 0 saturated carbocycles. The Morgan fingerprint density at radius 2 is 1.47 bits per heavy atom. The molecule has 0 N–H and O–H groups in total. The molecule has 0 unspecified atom stereocenters. The second kappa shape index (κ2) is 10.9. The molecule has 3 rings (SSSR count). The first-order chi connectivity index (χ1) is 15.4. The van der Waals surface area contributed by atoms with Crippen molar-refractivity contribution in [2.75, 3.05) is 6.61 Å². The molecule has 0 aliphatic carbocycles. The number of esters is 1. The van der Waals surface area contributed by atoms with Gasteiger partial charge in [0.2, 0.25) is 0 Å². The molecule has 0 bridgehead atoms. The van der Waals surface area contributed by atoms with Gasteiger partial charge in [-0.05, 0) is 55.5 Å². The number of nitriles is 1. The molecule has 4 nitrogen and oxygen atoms in total. The number of benzene rings is 3. The predicted molar refractivity (Wildman–Crippen MR) is 133 cm³/mol. The van der Waals surface area contributed by atoms with E-state index in [1.807, 2.05) is 30.3 Å². The summed E-state index contributed by atoms with van der Waals surface area (Å²) in [7, 11) is 0. The third kappa shape index (κ3) is 5.48. The number of hydrogen-bond acceptors (Lipinski definition) is 5. The molecule has 0 aromatic heterocycles. The Bertz CT molecular complexity index is 1220. The van der Waals surface area contributed by atoms with Crippen molar-refractivity contribution in [1.29, 1.82) is 5.26 Å². The number of allylic oxidation sites excluding steroid dienone is 1. The molecular formula is C24H18Cl2NO3PS. The van der Waals surface area contributed by atoms with Crippen molar-refractivity contribution in [2.45, 2.75) is 6.92 Å². The zero-order valence-electron chi connectivity index (χ0n) is 17.0. The van der Waals surface area contributed by atoms with Gasteiger partial charge in [-0.3, -0.25) is 0 Å². The molecule has 0 saturated heterocycles. The molecule has 8 heteroatoms. The molecule has 0 radical (unpaired) electrons. The average Bonchev–Trinajstić information content (AvgIpc) is 2.80. The Kier molecular flexibility index (Phi) is 8.26. The molecule has 0 heterocycles. The van der Waals surface area contributed by atoms with E-state index in [0.717, 1.165) is 0 Å². The Morgan fingerprint density at radius 1 is 0.938 bits per heavy atom. The molecule has 0 aliphatic heterocycles. The Balaban J connectivity index is 2.21. The van der Waals surface area contributed by atoms with Crippen LogP contribution in [0, 0.1) is 11.3 Å². The third-order valence-electron chi connectivity index (χ3n) is 4.40. The molecular weight excluding hydrogens is 484 g/mol. The Hall–Kier alpha value is -2.45. The van der Waals surface area contributed by atoms with Crippen molar-refractivity contribution >= 4 is 58.3 Å². The number of nitrogens with zero attached hydrogens (tertiary/aromatic N) is 1. The normalized spacial score (nSPS) is 13.4. The van der Waals surface area contributed by atoms with Crippen LogP contribution < -0.4 is 5.30 Å². The molecule has 3 aromatic rings. The standard InChI is InChI=1S/C24H18Cl2NO3PS/c1-2-29-31(32,21-6-4-3-5-7-21)22(16-27)23(17-8-12-19(25)13-9-17)30-24(28)18-10-14-20(26)15-11-18/h3-15H,2H2,1H3/t31-/m1/s1. The average molecular weight is 502 g/mol. The highest BCUT2D eigenvalue weighted by atomic mass is 35.5. The highest BCUT2D eigenvalue weighted by Crippen LogP contribution is 2.56. The predicted octanol–water partition coefficient (Wildman–Crippen LogP) is 6.80. The maximum absolute atomic E-state index is 13.0. The van der Waals surface area contributed by atoms with E-state index in [4.69, 9.17) is 44.3 Å². The van der Waals surface area contributed by atoms with Crippen molar-refractivity contribution in [3.05, 3.63) is 105 Å². The molecule has 3 aromatic carbocycles. The first-order valence-corrected chi connectivity index (χ1v) is 13.1. The quantitative estimate of drug-likeness (QED) is 0.154. The summed E-state index contributed by atoms with van der Waals surface area (Å²) < 4.78 is 11.8. The lowest BCUT2D eigenvalue weighted by Crippen LogP contribution is -2.12. The summed E-state index contributed by atoms with van der Waals surface area (Å²) in [6, 6.07) is 24.2. The van der Waals surface area contributed by atoms with Gasteiger partial charge < -0.3 is 9.26 Å². The number of rotatable bonds is 7. The number of ether oxygens (including phenoxy) is 1. The van der Waals surface area contributed by atoms with Crippen LogP contribution >= 0.6 is 29.5 Å². The number of hydrogen-bond donors (Lipinski definition) is 0. The van der Waals surface area contributed by atoms with E-state index in [0.29, 0.717) is 20.9 Å². The number of halogens is 2. The lowest BCUT2D eigenvalue weighted by molar-refractivity contribution is 0.0691. The van der Waals surface area contributed by atoms with Gasteiger partial charge in [-0.2, -0.15) is 5.26 Å². The minimum Gasteiger partial charge on any atom is -0.421 e. The van der Waals surface area contributed by atoms with E-state index in [1.165, 1.54) is 0 Å². The fourth-order valence-corrected chi connectivity index (χ4v) is 6.25. The van der Waals surface area contributed by atoms with Crippen LogP contribution in [0.4, 0.5) is 0 Å². The summed E-state index contributed by atoms with van der Waals surface area (Å²) >= 11 is 17.9. The molecule has 162 valence electrons. The number of carbonyl (C=O) groups is 1. The minimum absolute atomic E-state index is 0.0461. The molecule has 32 heavy (non-hydrogen) atoms. The summed E-state index contributed by atoms with van der Waals surface area (Å²) in [5.41, 5.74) is 0.765. The summed E-state index contributed by atoms with van der Waals surface area (Å²) in [4.78, 5) is 13.0. The van der Waals surface area contributed by atoms with Gasteiger partial charge in [0.25, 0.3) is 0 Å². The van der Waals surface area contributed by atoms with Crippen LogP contribution in [0.1, 0.15) is 22.8 Å². The minimum atomic E-state index is -3.05. The SMILES string of the molecule is CCO[P@](=S)(C(C#N)=C(OC(=O)c1ccc(Cl)cc1)c1ccc(Cl)cc1)c1ccccc1. The van der Waals surface area contributed by atoms with Gasteiger partial charge in [0.15, 0.2) is 5.76 Å². The van der Waals surface area contributed by atoms with E-state index in [9.17, 15) is 10.1 Å². The monoisotopic (exact) mass is 501 g/mol. The molecule has 1 atom stereocenters. The van der Waals surface area contributed by atoms with Crippen LogP contribution in [0.5, 0.6) is 0 Å². The van der Waals surface area contributed by atoms with Gasteiger partial charge in [-0.1, -0.05) is 65.3 Å². The largest absolute Gasteiger partial charge is 0.421 e. The van der Waals surface area contributed by atoms with Crippen LogP contribution in [-0.2, 0) is 21.1 Å². The topological polar surface area (TPSA) is 59.3 Å². The van der Waals surface area contributed by atoms with Gasteiger partial charge in [-0.15, -0.1) is 0 Å². The highest BCUT2D eigenvalue weighted by Gasteiger charge is 2.32. The summed E-state index contributed by atoms with van der Waals surface area (Å²) in [6.45, 7) is 2.09. The van der Waals surface area contributed by atoms with Gasteiger partial charge in [0.1, 0.15) is 17.6 Å². The Morgan fingerprint density at radius 3 is 1.97 bits per heavy atom. The van der Waals surface area contributed by atoms with Crippen molar-refractivity contribution in [3.8, 4) is 6.07 Å². The Labute approximate surface area is 202 Å². The molecule has 0 amide bonds. The lowest BCUT2D eigenvalue weighted by Gasteiger charge is -2.24. The van der Waals surface area contributed by atoms with Crippen LogP contribution in [0.3, 0.4) is 0 Å². The van der Waals surface area contributed by atoms with E-state index >= 15 is 0 Å². The van der Waals surface area contributed by atoms with Crippen LogP contribution in [0.15, 0.2) is 84.2 Å². The van der Waals surface area contributed by atoms with Crippen LogP contribution in [0.2, 0.25) is 10.0 Å². The zero-order valence-corrected chi connectivity index (χ0v) is 20.2. The smallest absolute Gasteiger partial charge is 0.343 e. The maximum Gasteiger partial charge on any atom is 0.343 e. The van der Waals surface area contributed by atoms with E-state index in [1.54, 1.807) is 55.5 Å². The lowest BCUT2D eigenvalue weighted by atomic mass is 10.1. The molecule has 0 fully saturated rings. The van der Waals surface area contributed by atoms with Gasteiger partial charge in [0, 0.05) is 27.5 Å².